The fourth-order valence-electron chi connectivity index (χ4n) is 2.15. The highest BCUT2D eigenvalue weighted by Crippen LogP contribution is 2.38. The summed E-state index contributed by atoms with van der Waals surface area (Å²) in [4.78, 5) is 0. The first-order valence-electron chi connectivity index (χ1n) is 6.19. The molecule has 0 radical (unpaired) electrons. The van der Waals surface area contributed by atoms with Gasteiger partial charge in [0.15, 0.2) is 0 Å². The van der Waals surface area contributed by atoms with E-state index in [9.17, 15) is 5.11 Å². The summed E-state index contributed by atoms with van der Waals surface area (Å²) in [5, 5.41) is 9.55. The van der Waals surface area contributed by atoms with Crippen LogP contribution >= 0.6 is 15.9 Å². The number of halogens is 1. The molecule has 1 N–H and O–H groups in total. The maximum atomic E-state index is 9.55. The van der Waals surface area contributed by atoms with Crippen molar-refractivity contribution in [1.29, 1.82) is 0 Å². The molecule has 0 saturated heterocycles. The van der Waals surface area contributed by atoms with Crippen molar-refractivity contribution in [1.82, 2.24) is 0 Å². The molecular weight excluding hydrogens is 276 g/mol. The molecule has 1 aromatic rings. The van der Waals surface area contributed by atoms with Gasteiger partial charge in [-0.1, -0.05) is 40.7 Å². The first-order chi connectivity index (χ1) is 7.70. The van der Waals surface area contributed by atoms with Gasteiger partial charge in [0.1, 0.15) is 5.75 Å². The minimum atomic E-state index is 0.312. The molecule has 0 amide bonds. The normalized spacial score (nSPS) is 14.1. The molecule has 0 bridgehead atoms. The van der Waals surface area contributed by atoms with Gasteiger partial charge in [-0.25, -0.2) is 0 Å². The van der Waals surface area contributed by atoms with Crippen molar-refractivity contribution in [3.8, 4) is 5.75 Å². The van der Waals surface area contributed by atoms with Gasteiger partial charge in [-0.15, -0.1) is 0 Å². The second-order valence-electron chi connectivity index (χ2n) is 6.33. The summed E-state index contributed by atoms with van der Waals surface area (Å²) in [7, 11) is 0. The Balaban J connectivity index is 3.02. The Labute approximate surface area is 113 Å². The van der Waals surface area contributed by atoms with E-state index >= 15 is 0 Å². The minimum Gasteiger partial charge on any atom is -0.507 e. The van der Waals surface area contributed by atoms with Crippen molar-refractivity contribution in [2.75, 3.05) is 0 Å². The number of benzene rings is 1. The van der Waals surface area contributed by atoms with Crippen molar-refractivity contribution < 1.29 is 5.11 Å². The van der Waals surface area contributed by atoms with Crippen molar-refractivity contribution in [3.63, 3.8) is 0 Å². The molecule has 0 aliphatic rings. The van der Waals surface area contributed by atoms with Crippen LogP contribution in [0.2, 0.25) is 0 Å². The Morgan fingerprint density at radius 2 is 1.82 bits per heavy atom. The van der Waals surface area contributed by atoms with Crippen LogP contribution in [-0.4, -0.2) is 5.11 Å². The standard InChI is InChI=1S/C15H23BrO/c1-10(2)12(9-15(3,4)5)11-6-7-14(17)13(16)8-11/h6-8,10,12,17H,9H2,1-5H3. The summed E-state index contributed by atoms with van der Waals surface area (Å²) in [5.74, 6) is 1.45. The van der Waals surface area contributed by atoms with Crippen LogP contribution in [0.4, 0.5) is 0 Å². The molecule has 1 aromatic carbocycles. The van der Waals surface area contributed by atoms with E-state index in [0.717, 1.165) is 10.9 Å². The maximum absolute atomic E-state index is 9.55. The van der Waals surface area contributed by atoms with Crippen molar-refractivity contribution >= 4 is 15.9 Å². The zero-order valence-electron chi connectivity index (χ0n) is 11.4. The van der Waals surface area contributed by atoms with E-state index in [-0.39, 0.29) is 0 Å². The Kier molecular flexibility index (Phi) is 4.65. The molecule has 0 spiro atoms. The minimum absolute atomic E-state index is 0.312. The molecule has 0 saturated carbocycles. The van der Waals surface area contributed by atoms with Crippen LogP contribution in [0.3, 0.4) is 0 Å². The molecule has 1 atom stereocenters. The molecule has 96 valence electrons. The fourth-order valence-corrected chi connectivity index (χ4v) is 2.55. The number of phenolic OH excluding ortho intramolecular Hbond substituents is 1. The third-order valence-corrected chi connectivity index (χ3v) is 3.67. The summed E-state index contributed by atoms with van der Waals surface area (Å²) in [6, 6.07) is 5.86. The molecule has 1 rings (SSSR count). The number of phenols is 1. The van der Waals surface area contributed by atoms with Gasteiger partial charge in [-0.05, 0) is 57.3 Å². The van der Waals surface area contributed by atoms with Crippen LogP contribution in [0.1, 0.15) is 52.5 Å². The summed E-state index contributed by atoms with van der Waals surface area (Å²) in [6.07, 6.45) is 1.15. The highest BCUT2D eigenvalue weighted by atomic mass is 79.9. The summed E-state index contributed by atoms with van der Waals surface area (Å²) < 4.78 is 0.787. The molecule has 0 aliphatic carbocycles. The highest BCUT2D eigenvalue weighted by molar-refractivity contribution is 9.10. The van der Waals surface area contributed by atoms with Crippen molar-refractivity contribution in [2.45, 2.75) is 47.0 Å². The average Bonchev–Trinajstić information content (AvgIpc) is 2.17. The SMILES string of the molecule is CC(C)C(CC(C)(C)C)c1ccc(O)c(Br)c1. The lowest BCUT2D eigenvalue weighted by Gasteiger charge is -2.29. The molecule has 2 heteroatoms. The maximum Gasteiger partial charge on any atom is 0.129 e. The van der Waals surface area contributed by atoms with Gasteiger partial charge in [-0.2, -0.15) is 0 Å². The Hall–Kier alpha value is -0.500. The van der Waals surface area contributed by atoms with Gasteiger partial charge in [-0.3, -0.25) is 0 Å². The largest absolute Gasteiger partial charge is 0.507 e. The van der Waals surface area contributed by atoms with Crippen LogP contribution in [0.25, 0.3) is 0 Å². The fraction of sp³-hybridized carbons (Fsp3) is 0.600. The lowest BCUT2D eigenvalue weighted by Crippen LogP contribution is -2.16. The molecule has 1 nitrogen and oxygen atoms in total. The molecule has 0 heterocycles. The summed E-state index contributed by atoms with van der Waals surface area (Å²) >= 11 is 3.39. The van der Waals surface area contributed by atoms with E-state index in [0.29, 0.717) is 23.0 Å². The van der Waals surface area contributed by atoms with E-state index in [1.807, 2.05) is 12.1 Å². The topological polar surface area (TPSA) is 20.2 Å². The van der Waals surface area contributed by atoms with Crippen molar-refractivity contribution in [2.24, 2.45) is 11.3 Å². The summed E-state index contributed by atoms with van der Waals surface area (Å²) in [6.45, 7) is 11.3. The zero-order chi connectivity index (χ0) is 13.2. The predicted octanol–water partition coefficient (Wildman–Crippen LogP) is 5.33. The third kappa shape index (κ3) is 4.34. The van der Waals surface area contributed by atoms with E-state index in [1.54, 1.807) is 6.07 Å². The van der Waals surface area contributed by atoms with E-state index in [1.165, 1.54) is 5.56 Å². The van der Waals surface area contributed by atoms with Crippen LogP contribution in [0.5, 0.6) is 5.75 Å². The Bertz CT molecular complexity index is 377. The molecule has 17 heavy (non-hydrogen) atoms. The van der Waals surface area contributed by atoms with Crippen LogP contribution in [0.15, 0.2) is 22.7 Å². The Morgan fingerprint density at radius 3 is 2.24 bits per heavy atom. The lowest BCUT2D eigenvalue weighted by atomic mass is 9.76. The van der Waals surface area contributed by atoms with Crippen LogP contribution in [-0.2, 0) is 0 Å². The van der Waals surface area contributed by atoms with E-state index in [2.05, 4.69) is 50.5 Å². The number of rotatable bonds is 3. The smallest absolute Gasteiger partial charge is 0.129 e. The number of hydrogen-bond acceptors (Lipinski definition) is 1. The molecule has 0 fully saturated rings. The first-order valence-corrected chi connectivity index (χ1v) is 6.98. The Morgan fingerprint density at radius 1 is 1.24 bits per heavy atom. The van der Waals surface area contributed by atoms with E-state index in [4.69, 9.17) is 0 Å². The predicted molar refractivity (Wildman–Crippen MR) is 77.5 cm³/mol. The quantitative estimate of drug-likeness (QED) is 0.799. The number of aromatic hydroxyl groups is 1. The molecule has 0 aliphatic heterocycles. The van der Waals surface area contributed by atoms with Gasteiger partial charge in [0.2, 0.25) is 0 Å². The monoisotopic (exact) mass is 298 g/mol. The highest BCUT2D eigenvalue weighted by Gasteiger charge is 2.23. The first kappa shape index (κ1) is 14.6. The van der Waals surface area contributed by atoms with Crippen molar-refractivity contribution in [3.05, 3.63) is 28.2 Å². The van der Waals surface area contributed by atoms with Gasteiger partial charge in [0.05, 0.1) is 4.47 Å². The third-order valence-electron chi connectivity index (χ3n) is 3.04. The van der Waals surface area contributed by atoms with Crippen LogP contribution in [0, 0.1) is 11.3 Å². The molecule has 0 aromatic heterocycles. The second kappa shape index (κ2) is 5.43. The van der Waals surface area contributed by atoms with Gasteiger partial charge >= 0.3 is 0 Å². The molecule has 1 unspecified atom stereocenters. The van der Waals surface area contributed by atoms with Gasteiger partial charge in [0.25, 0.3) is 0 Å². The van der Waals surface area contributed by atoms with Crippen LogP contribution < -0.4 is 0 Å². The lowest BCUT2D eigenvalue weighted by molar-refractivity contribution is 0.301. The number of hydrogen-bond donors (Lipinski definition) is 1. The molecular formula is C15H23BrO. The summed E-state index contributed by atoms with van der Waals surface area (Å²) in [5.41, 5.74) is 1.62. The average molecular weight is 299 g/mol. The van der Waals surface area contributed by atoms with E-state index < -0.39 is 0 Å². The van der Waals surface area contributed by atoms with Gasteiger partial charge < -0.3 is 5.11 Å². The zero-order valence-corrected chi connectivity index (χ0v) is 13.0. The van der Waals surface area contributed by atoms with Gasteiger partial charge in [0, 0.05) is 0 Å². The second-order valence-corrected chi connectivity index (χ2v) is 7.18.